The molecule has 2 aromatic carbocycles. The van der Waals surface area contributed by atoms with Crippen molar-refractivity contribution in [2.24, 2.45) is 0 Å². The van der Waals surface area contributed by atoms with E-state index in [-0.39, 0.29) is 11.6 Å². The van der Waals surface area contributed by atoms with Gasteiger partial charge in [0.25, 0.3) is 5.56 Å². The summed E-state index contributed by atoms with van der Waals surface area (Å²) in [6, 6.07) is 18.2. The predicted octanol–water partition coefficient (Wildman–Crippen LogP) is 2.80. The van der Waals surface area contributed by atoms with Crippen LogP contribution >= 0.6 is 0 Å². The first-order chi connectivity index (χ1) is 12.7. The van der Waals surface area contributed by atoms with Gasteiger partial charge in [-0.25, -0.2) is 4.98 Å². The van der Waals surface area contributed by atoms with Crippen LogP contribution in [-0.4, -0.2) is 45.9 Å². The molecule has 1 N–H and O–H groups in total. The van der Waals surface area contributed by atoms with Crippen LogP contribution in [0.4, 0.5) is 0 Å². The van der Waals surface area contributed by atoms with E-state index in [0.29, 0.717) is 5.39 Å². The first-order valence-electron chi connectivity index (χ1n) is 9.20. The van der Waals surface area contributed by atoms with Gasteiger partial charge in [-0.05, 0) is 24.6 Å². The van der Waals surface area contributed by atoms with Crippen molar-refractivity contribution in [3.8, 4) is 0 Å². The Balaban J connectivity index is 1.43. The van der Waals surface area contributed by atoms with Crippen molar-refractivity contribution in [2.75, 3.05) is 26.2 Å². The van der Waals surface area contributed by atoms with Gasteiger partial charge >= 0.3 is 0 Å². The van der Waals surface area contributed by atoms with Gasteiger partial charge in [-0.2, -0.15) is 0 Å². The molecule has 5 heteroatoms. The Morgan fingerprint density at radius 1 is 1.00 bits per heavy atom. The van der Waals surface area contributed by atoms with Crippen LogP contribution in [0.1, 0.15) is 24.4 Å². The van der Waals surface area contributed by atoms with Crippen LogP contribution in [0.2, 0.25) is 0 Å². The van der Waals surface area contributed by atoms with E-state index in [4.69, 9.17) is 0 Å². The van der Waals surface area contributed by atoms with Crippen molar-refractivity contribution >= 4 is 10.9 Å². The number of piperazine rings is 1. The van der Waals surface area contributed by atoms with E-state index in [1.807, 2.05) is 24.3 Å². The third-order valence-electron chi connectivity index (χ3n) is 5.23. The lowest BCUT2D eigenvalue weighted by atomic mass is 10.1. The van der Waals surface area contributed by atoms with Gasteiger partial charge < -0.3 is 4.98 Å². The van der Waals surface area contributed by atoms with Crippen LogP contribution in [0.5, 0.6) is 0 Å². The van der Waals surface area contributed by atoms with Crippen LogP contribution in [0, 0.1) is 0 Å². The molecule has 0 amide bonds. The molecule has 1 aromatic heterocycles. The molecule has 26 heavy (non-hydrogen) atoms. The topological polar surface area (TPSA) is 52.2 Å². The number of para-hydroxylation sites is 1. The molecule has 0 aliphatic carbocycles. The number of aromatic nitrogens is 2. The molecule has 0 spiro atoms. The highest BCUT2D eigenvalue weighted by Crippen LogP contribution is 2.20. The summed E-state index contributed by atoms with van der Waals surface area (Å²) in [5, 5.41) is 0.649. The van der Waals surface area contributed by atoms with Crippen molar-refractivity contribution in [1.82, 2.24) is 19.8 Å². The third kappa shape index (κ3) is 3.54. The molecule has 4 rings (SSSR count). The number of aromatic amines is 1. The van der Waals surface area contributed by atoms with E-state index in [1.54, 1.807) is 0 Å². The van der Waals surface area contributed by atoms with Crippen molar-refractivity contribution in [1.29, 1.82) is 0 Å². The Morgan fingerprint density at radius 2 is 1.69 bits per heavy atom. The van der Waals surface area contributed by atoms with Crippen molar-refractivity contribution in [3.63, 3.8) is 0 Å². The van der Waals surface area contributed by atoms with Crippen molar-refractivity contribution < 1.29 is 0 Å². The maximum absolute atomic E-state index is 12.3. The van der Waals surface area contributed by atoms with Crippen LogP contribution in [0.15, 0.2) is 59.4 Å². The molecule has 0 bridgehead atoms. The van der Waals surface area contributed by atoms with E-state index in [9.17, 15) is 4.79 Å². The van der Waals surface area contributed by atoms with Gasteiger partial charge in [0.05, 0.1) is 16.9 Å². The number of hydrogen-bond acceptors (Lipinski definition) is 4. The lowest BCUT2D eigenvalue weighted by Crippen LogP contribution is -2.47. The molecule has 5 nitrogen and oxygen atoms in total. The lowest BCUT2D eigenvalue weighted by molar-refractivity contribution is 0.0948. The van der Waals surface area contributed by atoms with Crippen molar-refractivity contribution in [3.05, 3.63) is 76.3 Å². The fourth-order valence-electron chi connectivity index (χ4n) is 3.63. The summed E-state index contributed by atoms with van der Waals surface area (Å²) in [7, 11) is 0. The SMILES string of the molecule is C[C@@H](c1nc2ccccc2c(=O)[nH]1)N1CCN(Cc2ccccc2)CC1. The Bertz CT molecular complexity index is 929. The minimum atomic E-state index is -0.0554. The predicted molar refractivity (Wildman–Crippen MR) is 104 cm³/mol. The van der Waals surface area contributed by atoms with E-state index < -0.39 is 0 Å². The first-order valence-corrected chi connectivity index (χ1v) is 9.20. The van der Waals surface area contributed by atoms with Gasteiger partial charge in [-0.1, -0.05) is 42.5 Å². The zero-order chi connectivity index (χ0) is 17.9. The average Bonchev–Trinajstić information content (AvgIpc) is 2.69. The van der Waals surface area contributed by atoms with E-state index in [2.05, 4.69) is 57.0 Å². The number of benzene rings is 2. The standard InChI is InChI=1S/C21H24N4O/c1-16(20-22-19-10-6-5-9-18(19)21(26)23-20)25-13-11-24(12-14-25)15-17-7-3-2-4-8-17/h2-10,16H,11-15H2,1H3,(H,22,23,26)/t16-/m0/s1. The zero-order valence-corrected chi connectivity index (χ0v) is 15.1. The minimum absolute atomic E-state index is 0.0554. The summed E-state index contributed by atoms with van der Waals surface area (Å²) in [6.07, 6.45) is 0. The smallest absolute Gasteiger partial charge is 0.258 e. The maximum Gasteiger partial charge on any atom is 0.258 e. The highest BCUT2D eigenvalue weighted by Gasteiger charge is 2.23. The van der Waals surface area contributed by atoms with Crippen molar-refractivity contribution in [2.45, 2.75) is 19.5 Å². The summed E-state index contributed by atoms with van der Waals surface area (Å²) in [6.45, 7) is 7.12. The molecule has 1 fully saturated rings. The number of hydrogen-bond donors (Lipinski definition) is 1. The summed E-state index contributed by atoms with van der Waals surface area (Å²) in [5.41, 5.74) is 2.07. The molecule has 2 heterocycles. The monoisotopic (exact) mass is 348 g/mol. The van der Waals surface area contributed by atoms with E-state index in [0.717, 1.165) is 44.1 Å². The number of H-pyrrole nitrogens is 1. The van der Waals surface area contributed by atoms with Crippen LogP contribution in [0.25, 0.3) is 10.9 Å². The summed E-state index contributed by atoms with van der Waals surface area (Å²) in [4.78, 5) is 24.9. The van der Waals surface area contributed by atoms with Gasteiger partial charge in [-0.15, -0.1) is 0 Å². The van der Waals surface area contributed by atoms with E-state index in [1.165, 1.54) is 5.56 Å². The highest BCUT2D eigenvalue weighted by molar-refractivity contribution is 5.77. The summed E-state index contributed by atoms with van der Waals surface area (Å²) >= 11 is 0. The molecular formula is C21H24N4O. The molecule has 0 saturated carbocycles. The second-order valence-electron chi connectivity index (χ2n) is 6.94. The molecule has 134 valence electrons. The molecular weight excluding hydrogens is 324 g/mol. The summed E-state index contributed by atoms with van der Waals surface area (Å²) in [5.74, 6) is 0.755. The molecule has 1 aliphatic rings. The molecule has 1 atom stereocenters. The summed E-state index contributed by atoms with van der Waals surface area (Å²) < 4.78 is 0. The van der Waals surface area contributed by atoms with Crippen LogP contribution in [-0.2, 0) is 6.54 Å². The lowest BCUT2D eigenvalue weighted by Gasteiger charge is -2.37. The number of nitrogens with zero attached hydrogens (tertiary/aromatic N) is 3. The molecule has 0 unspecified atom stereocenters. The van der Waals surface area contributed by atoms with Crippen LogP contribution < -0.4 is 5.56 Å². The van der Waals surface area contributed by atoms with Gasteiger partial charge in [0.2, 0.25) is 0 Å². The Hall–Kier alpha value is -2.50. The first kappa shape index (κ1) is 16.9. The second kappa shape index (κ2) is 7.40. The molecule has 1 aliphatic heterocycles. The number of nitrogens with one attached hydrogen (secondary N) is 1. The largest absolute Gasteiger partial charge is 0.309 e. The minimum Gasteiger partial charge on any atom is -0.309 e. The fraction of sp³-hybridized carbons (Fsp3) is 0.333. The van der Waals surface area contributed by atoms with Gasteiger partial charge in [0, 0.05) is 32.7 Å². The Labute approximate surface area is 153 Å². The molecule has 3 aromatic rings. The third-order valence-corrected chi connectivity index (χ3v) is 5.23. The Morgan fingerprint density at radius 3 is 2.46 bits per heavy atom. The van der Waals surface area contributed by atoms with E-state index >= 15 is 0 Å². The fourth-order valence-corrected chi connectivity index (χ4v) is 3.63. The number of fused-ring (bicyclic) bond motifs is 1. The zero-order valence-electron chi connectivity index (χ0n) is 15.1. The van der Waals surface area contributed by atoms with Gasteiger partial charge in [0.1, 0.15) is 5.82 Å². The van der Waals surface area contributed by atoms with Gasteiger partial charge in [-0.3, -0.25) is 14.6 Å². The quantitative estimate of drug-likeness (QED) is 0.788. The highest BCUT2D eigenvalue weighted by atomic mass is 16.1. The second-order valence-corrected chi connectivity index (χ2v) is 6.94. The normalized spacial score (nSPS) is 17.4. The molecule has 1 saturated heterocycles. The van der Waals surface area contributed by atoms with Gasteiger partial charge in [0.15, 0.2) is 0 Å². The van der Waals surface area contributed by atoms with Crippen LogP contribution in [0.3, 0.4) is 0 Å². The maximum atomic E-state index is 12.3. The Kier molecular flexibility index (Phi) is 4.82. The molecule has 0 radical (unpaired) electrons. The number of rotatable bonds is 4. The average molecular weight is 348 g/mol.